The van der Waals surface area contributed by atoms with E-state index < -0.39 is 0 Å². The van der Waals surface area contributed by atoms with Gasteiger partial charge >= 0.3 is 0 Å². The smallest absolute Gasteiger partial charge is 0.0587 e. The normalized spacial score (nSPS) is 12.2. The van der Waals surface area contributed by atoms with Crippen LogP contribution in [0.4, 0.5) is 0 Å². The Morgan fingerprint density at radius 2 is 2.06 bits per heavy atom. The molecule has 0 aliphatic carbocycles. The fraction of sp³-hybridized carbons (Fsp3) is 0.333. The summed E-state index contributed by atoms with van der Waals surface area (Å²) in [6.45, 7) is 4.68. The highest BCUT2D eigenvalue weighted by atomic mass is 16.5. The van der Waals surface area contributed by atoms with Gasteiger partial charge < -0.3 is 10.1 Å². The van der Waals surface area contributed by atoms with Crippen LogP contribution in [0.2, 0.25) is 0 Å². The summed E-state index contributed by atoms with van der Waals surface area (Å²) in [5, 5.41) is 3.31. The molecule has 0 aliphatic heterocycles. The van der Waals surface area contributed by atoms with E-state index in [2.05, 4.69) is 42.6 Å². The summed E-state index contributed by atoms with van der Waals surface area (Å²) in [6, 6.07) is 10.3. The van der Waals surface area contributed by atoms with Gasteiger partial charge in [0.05, 0.1) is 6.61 Å². The van der Waals surface area contributed by atoms with Gasteiger partial charge in [-0.2, -0.15) is 0 Å². The Bertz CT molecular complexity index is 354. The Hall–Kier alpha value is -1.38. The summed E-state index contributed by atoms with van der Waals surface area (Å²) in [5.74, 6) is 0. The van der Waals surface area contributed by atoms with Crippen LogP contribution < -0.4 is 5.32 Å². The van der Waals surface area contributed by atoms with Crippen molar-refractivity contribution in [2.45, 2.75) is 6.92 Å². The van der Waals surface area contributed by atoms with Crippen molar-refractivity contribution in [3.8, 4) is 0 Å². The van der Waals surface area contributed by atoms with Crippen molar-refractivity contribution in [1.29, 1.82) is 0 Å². The van der Waals surface area contributed by atoms with Crippen molar-refractivity contribution in [3.05, 3.63) is 53.6 Å². The first-order valence-electron chi connectivity index (χ1n) is 5.91. The molecule has 0 heterocycles. The van der Waals surface area contributed by atoms with E-state index in [9.17, 15) is 0 Å². The zero-order chi connectivity index (χ0) is 12.3. The molecule has 1 aromatic rings. The lowest BCUT2D eigenvalue weighted by Gasteiger charge is -2.02. The third-order valence-corrected chi connectivity index (χ3v) is 2.36. The number of ether oxygens (including phenoxy) is 1. The van der Waals surface area contributed by atoms with Crippen molar-refractivity contribution >= 4 is 6.08 Å². The van der Waals surface area contributed by atoms with Gasteiger partial charge in [0.15, 0.2) is 0 Å². The van der Waals surface area contributed by atoms with E-state index >= 15 is 0 Å². The molecule has 0 saturated heterocycles. The fourth-order valence-electron chi connectivity index (χ4n) is 1.41. The first-order valence-corrected chi connectivity index (χ1v) is 5.91. The van der Waals surface area contributed by atoms with Gasteiger partial charge in [-0.1, -0.05) is 54.1 Å². The maximum atomic E-state index is 4.97. The van der Waals surface area contributed by atoms with Crippen molar-refractivity contribution in [1.82, 2.24) is 5.32 Å². The third-order valence-electron chi connectivity index (χ3n) is 2.36. The van der Waals surface area contributed by atoms with Crippen LogP contribution in [0.1, 0.15) is 12.5 Å². The topological polar surface area (TPSA) is 21.3 Å². The number of hydrogen-bond acceptors (Lipinski definition) is 2. The molecule has 0 atom stereocenters. The lowest BCUT2D eigenvalue weighted by molar-refractivity contribution is 0.200. The van der Waals surface area contributed by atoms with E-state index in [-0.39, 0.29) is 0 Å². The predicted molar refractivity (Wildman–Crippen MR) is 74.0 cm³/mol. The molecule has 0 fully saturated rings. The van der Waals surface area contributed by atoms with E-state index in [1.54, 1.807) is 7.11 Å². The quantitative estimate of drug-likeness (QED) is 0.575. The number of hydrogen-bond donors (Lipinski definition) is 1. The number of methoxy groups -OCH3 is 1. The van der Waals surface area contributed by atoms with E-state index in [4.69, 9.17) is 4.74 Å². The zero-order valence-corrected chi connectivity index (χ0v) is 10.6. The molecule has 0 unspecified atom stereocenters. The second-order valence-corrected chi connectivity index (χ2v) is 3.95. The minimum Gasteiger partial charge on any atom is -0.383 e. The molecule has 1 rings (SSSR count). The summed E-state index contributed by atoms with van der Waals surface area (Å²) >= 11 is 0. The average Bonchev–Trinajstić information content (AvgIpc) is 2.36. The molecule has 17 heavy (non-hydrogen) atoms. The molecular formula is C15H21NO. The fourth-order valence-corrected chi connectivity index (χ4v) is 1.41. The minimum atomic E-state index is 0.757. The first-order chi connectivity index (χ1) is 8.33. The molecule has 0 radical (unpaired) electrons. The van der Waals surface area contributed by atoms with Gasteiger partial charge in [0.1, 0.15) is 0 Å². The summed E-state index contributed by atoms with van der Waals surface area (Å²) in [6.07, 6.45) is 6.33. The standard InChI is InChI=1S/C15H21NO/c1-14(13-16-11-12-17-2)7-6-10-15-8-4-3-5-9-15/h3-10,16H,11-13H2,1-2H3. The van der Waals surface area contributed by atoms with Crippen LogP contribution in [0.5, 0.6) is 0 Å². The van der Waals surface area contributed by atoms with Gasteiger partial charge in [0, 0.05) is 20.2 Å². The maximum absolute atomic E-state index is 4.97. The van der Waals surface area contributed by atoms with Crippen LogP contribution in [0.25, 0.3) is 6.08 Å². The van der Waals surface area contributed by atoms with Crippen molar-refractivity contribution in [2.24, 2.45) is 0 Å². The lowest BCUT2D eigenvalue weighted by atomic mass is 10.2. The molecule has 1 aromatic carbocycles. The maximum Gasteiger partial charge on any atom is 0.0587 e. The highest BCUT2D eigenvalue weighted by Gasteiger charge is 1.88. The number of rotatable bonds is 7. The lowest BCUT2D eigenvalue weighted by Crippen LogP contribution is -2.20. The number of nitrogens with one attached hydrogen (secondary N) is 1. The summed E-state index contributed by atoms with van der Waals surface area (Å²) in [7, 11) is 1.72. The molecule has 0 bridgehead atoms. The Morgan fingerprint density at radius 3 is 2.76 bits per heavy atom. The second kappa shape index (κ2) is 8.74. The van der Waals surface area contributed by atoms with Gasteiger partial charge in [-0.25, -0.2) is 0 Å². The molecule has 0 spiro atoms. The minimum absolute atomic E-state index is 0.757. The summed E-state index contributed by atoms with van der Waals surface area (Å²) in [5.41, 5.74) is 2.54. The molecule has 0 saturated carbocycles. The number of allylic oxidation sites excluding steroid dienone is 2. The monoisotopic (exact) mass is 231 g/mol. The summed E-state index contributed by atoms with van der Waals surface area (Å²) in [4.78, 5) is 0. The molecule has 2 nitrogen and oxygen atoms in total. The Kier molecular flexibility index (Phi) is 7.03. The molecule has 92 valence electrons. The molecule has 0 aliphatic rings. The SMILES string of the molecule is COCCNCC(C)=CC=Cc1ccccc1. The molecule has 2 heteroatoms. The van der Waals surface area contributed by atoms with Gasteiger partial charge in [0.2, 0.25) is 0 Å². The van der Waals surface area contributed by atoms with Crippen molar-refractivity contribution < 1.29 is 4.74 Å². The molecular weight excluding hydrogens is 210 g/mol. The van der Waals surface area contributed by atoms with E-state index in [0.717, 1.165) is 19.7 Å². The highest BCUT2D eigenvalue weighted by molar-refractivity contribution is 5.50. The van der Waals surface area contributed by atoms with E-state index in [0.29, 0.717) is 0 Å². The first kappa shape index (κ1) is 13.7. The second-order valence-electron chi connectivity index (χ2n) is 3.95. The Labute approximate surface area is 104 Å². The van der Waals surface area contributed by atoms with Gasteiger partial charge in [0.25, 0.3) is 0 Å². The largest absolute Gasteiger partial charge is 0.383 e. The van der Waals surface area contributed by atoms with Crippen LogP contribution in [0.3, 0.4) is 0 Å². The van der Waals surface area contributed by atoms with Gasteiger partial charge in [-0.3, -0.25) is 0 Å². The number of benzene rings is 1. The molecule has 0 aromatic heterocycles. The molecule has 0 amide bonds. The van der Waals surface area contributed by atoms with E-state index in [1.165, 1.54) is 11.1 Å². The molecule has 1 N–H and O–H groups in total. The van der Waals surface area contributed by atoms with Crippen LogP contribution >= 0.6 is 0 Å². The van der Waals surface area contributed by atoms with Crippen LogP contribution in [0.15, 0.2) is 48.1 Å². The van der Waals surface area contributed by atoms with Crippen LogP contribution in [0, 0.1) is 0 Å². The average molecular weight is 231 g/mol. The zero-order valence-electron chi connectivity index (χ0n) is 10.6. The highest BCUT2D eigenvalue weighted by Crippen LogP contribution is 2.01. The summed E-state index contributed by atoms with van der Waals surface area (Å²) < 4.78 is 4.97. The predicted octanol–water partition coefficient (Wildman–Crippen LogP) is 2.88. The van der Waals surface area contributed by atoms with Crippen molar-refractivity contribution in [3.63, 3.8) is 0 Å². The Morgan fingerprint density at radius 1 is 1.29 bits per heavy atom. The van der Waals surface area contributed by atoms with Crippen molar-refractivity contribution in [2.75, 3.05) is 26.8 Å². The van der Waals surface area contributed by atoms with Gasteiger partial charge in [-0.05, 0) is 12.5 Å². The Balaban J connectivity index is 2.30. The third kappa shape index (κ3) is 6.72. The van der Waals surface area contributed by atoms with Crippen LogP contribution in [-0.2, 0) is 4.74 Å². The van der Waals surface area contributed by atoms with Crippen LogP contribution in [-0.4, -0.2) is 26.8 Å². The van der Waals surface area contributed by atoms with E-state index in [1.807, 2.05) is 18.2 Å². The van der Waals surface area contributed by atoms with Gasteiger partial charge in [-0.15, -0.1) is 0 Å².